The molecule has 1 fully saturated rings. The molecule has 2 heterocycles. The van der Waals surface area contributed by atoms with Crippen molar-refractivity contribution in [3.63, 3.8) is 0 Å². The van der Waals surface area contributed by atoms with Crippen molar-refractivity contribution >= 4 is 35.1 Å². The predicted molar refractivity (Wildman–Crippen MR) is 95.4 cm³/mol. The number of amides is 1. The zero-order valence-electron chi connectivity index (χ0n) is 13.3. The van der Waals surface area contributed by atoms with Gasteiger partial charge in [-0.05, 0) is 31.9 Å². The van der Waals surface area contributed by atoms with Crippen molar-refractivity contribution < 1.29 is 4.79 Å². The second-order valence-corrected chi connectivity index (χ2v) is 7.37. The smallest absolute Gasteiger partial charge is 0.238 e. The van der Waals surface area contributed by atoms with Crippen LogP contribution in [0.5, 0.6) is 0 Å². The van der Waals surface area contributed by atoms with Crippen LogP contribution in [0.2, 0.25) is 5.02 Å². The highest BCUT2D eigenvalue weighted by atomic mass is 35.5. The number of nitrogens with one attached hydrogen (secondary N) is 1. The molecule has 2 aromatic heterocycles. The number of hydrogen-bond donors (Lipinski definition) is 1. The summed E-state index contributed by atoms with van der Waals surface area (Å²) >= 11 is 7.18. The lowest BCUT2D eigenvalue weighted by Gasteiger charge is -2.12. The lowest BCUT2D eigenvalue weighted by Crippen LogP contribution is -2.23. The molecule has 126 valence electrons. The minimum Gasteiger partial charge on any atom is -0.310 e. The number of rotatable bonds is 7. The second-order valence-electron chi connectivity index (χ2n) is 5.63. The molecule has 0 radical (unpaired) electrons. The normalized spacial score (nSPS) is 15.1. The first kappa shape index (κ1) is 17.0. The molecule has 3 rings (SSSR count). The second kappa shape index (κ2) is 7.36. The van der Waals surface area contributed by atoms with E-state index >= 15 is 0 Å². The Labute approximate surface area is 149 Å². The summed E-state index contributed by atoms with van der Waals surface area (Å²) in [5.74, 6) is 1.82. The third-order valence-corrected chi connectivity index (χ3v) is 4.93. The molecular formula is C16H18ClN5OS. The molecule has 0 bridgehead atoms. The average Bonchev–Trinajstić information content (AvgIpc) is 3.34. The Kier molecular flexibility index (Phi) is 5.20. The Morgan fingerprint density at radius 1 is 1.54 bits per heavy atom. The Morgan fingerprint density at radius 3 is 2.96 bits per heavy atom. The van der Waals surface area contributed by atoms with E-state index in [1.54, 1.807) is 12.1 Å². The molecule has 1 atom stereocenters. The quantitative estimate of drug-likeness (QED) is 0.602. The molecule has 1 aliphatic rings. The first-order valence-corrected chi connectivity index (χ1v) is 8.97. The monoisotopic (exact) mass is 363 g/mol. The highest BCUT2D eigenvalue weighted by Gasteiger charge is 2.31. The van der Waals surface area contributed by atoms with Crippen molar-refractivity contribution in [3.8, 4) is 0 Å². The van der Waals surface area contributed by atoms with Crippen molar-refractivity contribution in [3.05, 3.63) is 41.8 Å². The highest BCUT2D eigenvalue weighted by Crippen LogP contribution is 2.40. The number of pyridine rings is 1. The van der Waals surface area contributed by atoms with Gasteiger partial charge in [0, 0.05) is 18.7 Å². The van der Waals surface area contributed by atoms with Crippen LogP contribution in [0.3, 0.4) is 0 Å². The first-order chi connectivity index (χ1) is 11.6. The predicted octanol–water partition coefficient (Wildman–Crippen LogP) is 3.51. The van der Waals surface area contributed by atoms with E-state index in [1.807, 2.05) is 17.6 Å². The van der Waals surface area contributed by atoms with Crippen LogP contribution in [-0.2, 0) is 11.3 Å². The van der Waals surface area contributed by atoms with Crippen molar-refractivity contribution in [2.75, 3.05) is 5.32 Å². The Morgan fingerprint density at radius 2 is 2.33 bits per heavy atom. The van der Waals surface area contributed by atoms with Crippen LogP contribution in [-0.4, -0.2) is 30.9 Å². The Balaban J connectivity index is 1.67. The van der Waals surface area contributed by atoms with Crippen molar-refractivity contribution in [1.82, 2.24) is 19.7 Å². The van der Waals surface area contributed by atoms with E-state index in [1.165, 1.54) is 18.0 Å². The van der Waals surface area contributed by atoms with Crippen molar-refractivity contribution in [1.29, 1.82) is 0 Å². The van der Waals surface area contributed by atoms with Crippen LogP contribution in [0.15, 0.2) is 36.1 Å². The summed E-state index contributed by atoms with van der Waals surface area (Å²) in [7, 11) is 0. The largest absolute Gasteiger partial charge is 0.310 e. The minimum absolute atomic E-state index is 0.143. The number of halogens is 1. The molecule has 24 heavy (non-hydrogen) atoms. The zero-order chi connectivity index (χ0) is 17.1. The van der Waals surface area contributed by atoms with Gasteiger partial charge in [-0.25, -0.2) is 4.98 Å². The highest BCUT2D eigenvalue weighted by molar-refractivity contribution is 8.00. The van der Waals surface area contributed by atoms with E-state index in [4.69, 9.17) is 11.6 Å². The lowest BCUT2D eigenvalue weighted by molar-refractivity contribution is -0.115. The molecule has 6 nitrogen and oxygen atoms in total. The number of carbonyl (C=O) groups excluding carboxylic acids is 1. The number of allylic oxidation sites excluding steroid dienone is 1. The van der Waals surface area contributed by atoms with E-state index in [0.717, 1.165) is 23.8 Å². The van der Waals surface area contributed by atoms with E-state index in [0.29, 0.717) is 23.3 Å². The molecule has 0 aromatic carbocycles. The number of aromatic nitrogens is 4. The number of anilines is 1. The molecule has 1 aliphatic carbocycles. The maximum Gasteiger partial charge on any atom is 0.238 e. The van der Waals surface area contributed by atoms with Gasteiger partial charge in [-0.15, -0.1) is 16.8 Å². The lowest BCUT2D eigenvalue weighted by atomic mass is 10.4. The number of hydrogen-bond acceptors (Lipinski definition) is 5. The van der Waals surface area contributed by atoms with Crippen LogP contribution in [0.25, 0.3) is 0 Å². The fourth-order valence-electron chi connectivity index (χ4n) is 2.22. The molecule has 2 aromatic rings. The van der Waals surface area contributed by atoms with Gasteiger partial charge in [0.05, 0.1) is 10.3 Å². The molecule has 1 saturated carbocycles. The maximum atomic E-state index is 12.3. The van der Waals surface area contributed by atoms with Gasteiger partial charge in [-0.2, -0.15) is 0 Å². The molecule has 0 saturated heterocycles. The van der Waals surface area contributed by atoms with Crippen LogP contribution in [0.1, 0.15) is 31.5 Å². The minimum atomic E-state index is -0.331. The van der Waals surface area contributed by atoms with E-state index in [-0.39, 0.29) is 11.2 Å². The van der Waals surface area contributed by atoms with Crippen molar-refractivity contribution in [2.24, 2.45) is 0 Å². The summed E-state index contributed by atoms with van der Waals surface area (Å²) < 4.78 is 2.04. The fourth-order valence-corrected chi connectivity index (χ4v) is 3.20. The third kappa shape index (κ3) is 3.96. The van der Waals surface area contributed by atoms with Crippen LogP contribution in [0, 0.1) is 0 Å². The van der Waals surface area contributed by atoms with Gasteiger partial charge in [0.1, 0.15) is 11.6 Å². The molecular weight excluding hydrogens is 346 g/mol. The Bertz CT molecular complexity index is 741. The molecule has 0 unspecified atom stereocenters. The average molecular weight is 364 g/mol. The fraction of sp³-hybridized carbons (Fsp3) is 0.375. The van der Waals surface area contributed by atoms with Crippen LogP contribution < -0.4 is 5.32 Å². The topological polar surface area (TPSA) is 72.7 Å². The number of thioether (sulfide) groups is 1. The first-order valence-electron chi connectivity index (χ1n) is 7.71. The number of nitrogens with zero attached hydrogens (tertiary/aromatic N) is 4. The third-order valence-electron chi connectivity index (χ3n) is 3.63. The van der Waals surface area contributed by atoms with Crippen LogP contribution in [0.4, 0.5) is 5.82 Å². The standard InChI is InChI=1S/C16H18ClN5OS/c1-3-8-22-14(11-4-5-11)20-21-16(22)24-10(2)15(23)19-13-7-6-12(17)9-18-13/h3,6-7,9-11H,1,4-5,8H2,2H3,(H,18,19,23)/t10-/m0/s1. The van der Waals surface area contributed by atoms with Gasteiger partial charge >= 0.3 is 0 Å². The van der Waals surface area contributed by atoms with Gasteiger partial charge < -0.3 is 9.88 Å². The molecule has 0 spiro atoms. The zero-order valence-corrected chi connectivity index (χ0v) is 14.8. The molecule has 0 aliphatic heterocycles. The summed E-state index contributed by atoms with van der Waals surface area (Å²) in [6, 6.07) is 3.35. The summed E-state index contributed by atoms with van der Waals surface area (Å²) in [4.78, 5) is 16.4. The van der Waals surface area contributed by atoms with Gasteiger partial charge in [0.25, 0.3) is 0 Å². The van der Waals surface area contributed by atoms with E-state index in [9.17, 15) is 4.79 Å². The van der Waals surface area contributed by atoms with E-state index < -0.39 is 0 Å². The van der Waals surface area contributed by atoms with E-state index in [2.05, 4.69) is 27.1 Å². The summed E-state index contributed by atoms with van der Waals surface area (Å²) in [5.41, 5.74) is 0. The summed E-state index contributed by atoms with van der Waals surface area (Å²) in [6.07, 6.45) is 5.62. The Hall–Kier alpha value is -1.86. The SMILES string of the molecule is C=CCn1c(S[C@@H](C)C(=O)Nc2ccc(Cl)cn2)nnc1C1CC1. The molecule has 1 amide bonds. The summed E-state index contributed by atoms with van der Waals surface area (Å²) in [5, 5.41) is 12.3. The van der Waals surface area contributed by atoms with Gasteiger partial charge in [0.15, 0.2) is 5.16 Å². The van der Waals surface area contributed by atoms with Crippen molar-refractivity contribution in [2.45, 2.75) is 42.6 Å². The van der Waals surface area contributed by atoms with Gasteiger partial charge in [-0.3, -0.25) is 4.79 Å². The maximum absolute atomic E-state index is 12.3. The van der Waals surface area contributed by atoms with Gasteiger partial charge in [0.2, 0.25) is 5.91 Å². The molecule has 1 N–H and O–H groups in total. The summed E-state index contributed by atoms with van der Waals surface area (Å²) in [6.45, 7) is 6.27. The van der Waals surface area contributed by atoms with Gasteiger partial charge in [-0.1, -0.05) is 29.4 Å². The van der Waals surface area contributed by atoms with Crippen LogP contribution >= 0.6 is 23.4 Å². The number of carbonyl (C=O) groups is 1. The molecule has 8 heteroatoms.